The van der Waals surface area contributed by atoms with E-state index in [1.54, 1.807) is 18.5 Å². The third-order valence-electron chi connectivity index (χ3n) is 12.7. The molecule has 0 amide bonds. The lowest BCUT2D eigenvalue weighted by atomic mass is 9.93. The van der Waals surface area contributed by atoms with Gasteiger partial charge >= 0.3 is 0 Å². The third-order valence-corrected chi connectivity index (χ3v) is 12.7. The number of rotatable bonds is 6. The topological polar surface area (TPSA) is 11.6 Å². The molecule has 0 aliphatic heterocycles. The quantitative estimate of drug-likeness (QED) is 0.147. The van der Waals surface area contributed by atoms with Gasteiger partial charge in [0.25, 0.3) is 0 Å². The molecule has 0 aliphatic rings. The lowest BCUT2D eigenvalue weighted by Crippen LogP contribution is -2.31. The minimum Gasteiger partial charge on any atom is -0.201 e. The van der Waals surface area contributed by atoms with Crippen LogP contribution < -0.4 is 13.7 Å². The zero-order valence-corrected chi connectivity index (χ0v) is 41.1. The molecular formula is C64H68N3+3. The molecular weight excluding hydrogens is 811 g/mol. The highest BCUT2D eigenvalue weighted by Crippen LogP contribution is 2.33. The summed E-state index contributed by atoms with van der Waals surface area (Å²) in [5.41, 5.74) is 24.5. The third kappa shape index (κ3) is 11.1. The van der Waals surface area contributed by atoms with Crippen LogP contribution in [0, 0.1) is 69.1 Å². The van der Waals surface area contributed by atoms with Gasteiger partial charge in [-0.2, -0.15) is 0 Å². The van der Waals surface area contributed by atoms with E-state index in [1.165, 1.54) is 83.6 Å². The zero-order valence-electron chi connectivity index (χ0n) is 47.1. The molecule has 3 heteroatoms. The average Bonchev–Trinajstić information content (AvgIpc) is 3.35. The summed E-state index contributed by atoms with van der Waals surface area (Å²) in [6, 6.07) is 54.7. The van der Waals surface area contributed by atoms with Gasteiger partial charge in [0.1, 0.15) is 21.1 Å². The Morgan fingerprint density at radius 2 is 0.612 bits per heavy atom. The molecule has 0 saturated carbocycles. The summed E-state index contributed by atoms with van der Waals surface area (Å²) in [5, 5.41) is 0. The van der Waals surface area contributed by atoms with Crippen molar-refractivity contribution >= 4 is 0 Å². The molecule has 9 rings (SSSR count). The number of benzene rings is 6. The van der Waals surface area contributed by atoms with Crippen molar-refractivity contribution in [1.29, 1.82) is 0 Å². The van der Waals surface area contributed by atoms with E-state index in [0.29, 0.717) is 11.1 Å². The van der Waals surface area contributed by atoms with E-state index >= 15 is 0 Å². The molecule has 0 N–H and O–H groups in total. The molecule has 6 aromatic carbocycles. The van der Waals surface area contributed by atoms with E-state index in [9.17, 15) is 0 Å². The molecule has 67 heavy (non-hydrogen) atoms. The highest BCUT2D eigenvalue weighted by molar-refractivity contribution is 5.77. The number of nitrogens with zero attached hydrogens (tertiary/aromatic N) is 3. The van der Waals surface area contributed by atoms with Gasteiger partial charge in [0.05, 0.1) is 0 Å². The Hall–Kier alpha value is -7.23. The number of aromatic nitrogens is 3. The number of hydrogen-bond donors (Lipinski definition) is 0. The monoisotopic (exact) mass is 885 g/mol. The molecule has 0 fully saturated rings. The summed E-state index contributed by atoms with van der Waals surface area (Å²) in [5.74, 6) is 0. The van der Waals surface area contributed by atoms with E-state index in [0.717, 1.165) is 28.1 Å². The van der Waals surface area contributed by atoms with Crippen LogP contribution in [-0.2, 0) is 21.1 Å². The van der Waals surface area contributed by atoms with Gasteiger partial charge < -0.3 is 0 Å². The number of pyridine rings is 3. The van der Waals surface area contributed by atoms with Crippen LogP contribution in [0.4, 0.5) is 0 Å². The van der Waals surface area contributed by atoms with E-state index in [4.69, 9.17) is 8.22 Å². The average molecular weight is 885 g/mol. The summed E-state index contributed by atoms with van der Waals surface area (Å²) in [6.45, 7) is 12.6. The predicted octanol–water partition coefficient (Wildman–Crippen LogP) is 14.6. The molecule has 336 valence electrons. The summed E-state index contributed by atoms with van der Waals surface area (Å²) < 4.78 is 51.8. The summed E-state index contributed by atoms with van der Waals surface area (Å²) in [4.78, 5) is 0. The van der Waals surface area contributed by atoms with E-state index in [-0.39, 0.29) is 0 Å². The van der Waals surface area contributed by atoms with Crippen molar-refractivity contribution in [3.05, 3.63) is 232 Å². The van der Waals surface area contributed by atoms with Gasteiger partial charge in [-0.25, -0.2) is 13.7 Å². The Morgan fingerprint density at radius 3 is 0.985 bits per heavy atom. The van der Waals surface area contributed by atoms with Crippen LogP contribution in [0.3, 0.4) is 0 Å². The van der Waals surface area contributed by atoms with E-state index < -0.39 is 13.7 Å². The minimum atomic E-state index is -2.09. The maximum absolute atomic E-state index is 7.71. The molecule has 3 nitrogen and oxygen atoms in total. The van der Waals surface area contributed by atoms with Gasteiger partial charge in [0.15, 0.2) is 18.6 Å². The lowest BCUT2D eigenvalue weighted by molar-refractivity contribution is -0.660. The second-order valence-corrected chi connectivity index (χ2v) is 18.0. The molecule has 0 atom stereocenters. The van der Waals surface area contributed by atoms with Crippen molar-refractivity contribution in [2.75, 3.05) is 0 Å². The van der Waals surface area contributed by atoms with Crippen molar-refractivity contribution in [1.82, 2.24) is 0 Å². The SMILES string of the molecule is Cc1ccc(-c2cc(C)c(-c3ccccc3)cc2C)[n+](C)c1.[2H]C([2H])([2H])c1c[n+](C)c(-c2cc(C)c(-c3ccccc3)cc2C)cc1C.[2H]C([2H])([2H])c1ccc(-c2cc(C)c(-c3ccccc3)cc2C)[n+](C)c1. The second kappa shape index (κ2) is 20.9. The van der Waals surface area contributed by atoms with Crippen LogP contribution >= 0.6 is 0 Å². The Bertz CT molecular complexity index is 3410. The van der Waals surface area contributed by atoms with Gasteiger partial charge in [-0.15, -0.1) is 0 Å². The molecule has 0 bridgehead atoms. The zero-order chi connectivity index (χ0) is 52.9. The van der Waals surface area contributed by atoms with Crippen LogP contribution in [0.25, 0.3) is 67.2 Å². The van der Waals surface area contributed by atoms with E-state index in [2.05, 4.69) is 182 Å². The molecule has 3 heterocycles. The van der Waals surface area contributed by atoms with Crippen LogP contribution in [-0.4, -0.2) is 0 Å². The highest BCUT2D eigenvalue weighted by atomic mass is 14.9. The van der Waals surface area contributed by atoms with Gasteiger partial charge in [-0.05, 0) is 172 Å². The first-order valence-corrected chi connectivity index (χ1v) is 23.0. The van der Waals surface area contributed by atoms with Crippen molar-refractivity contribution in [2.24, 2.45) is 21.1 Å². The van der Waals surface area contributed by atoms with Crippen molar-refractivity contribution in [2.45, 2.75) is 69.1 Å². The number of aryl methyl sites for hydroxylation is 13. The molecule has 0 unspecified atom stereocenters. The van der Waals surface area contributed by atoms with Gasteiger partial charge in [-0.3, -0.25) is 0 Å². The highest BCUT2D eigenvalue weighted by Gasteiger charge is 2.18. The van der Waals surface area contributed by atoms with Gasteiger partial charge in [0, 0.05) is 59.8 Å². The van der Waals surface area contributed by atoms with Crippen LogP contribution in [0.15, 0.2) is 176 Å². The van der Waals surface area contributed by atoms with Gasteiger partial charge in [0.2, 0.25) is 17.1 Å². The normalized spacial score (nSPS) is 12.5. The molecule has 0 aliphatic carbocycles. The largest absolute Gasteiger partial charge is 0.212 e. The maximum Gasteiger partial charge on any atom is 0.212 e. The Kier molecular flexibility index (Phi) is 12.5. The maximum atomic E-state index is 7.71. The first-order chi connectivity index (χ1) is 34.5. The lowest BCUT2D eigenvalue weighted by Gasteiger charge is -2.12. The second-order valence-electron chi connectivity index (χ2n) is 18.0. The van der Waals surface area contributed by atoms with Crippen LogP contribution in [0.1, 0.15) is 63.9 Å². The van der Waals surface area contributed by atoms with Crippen molar-refractivity contribution in [3.8, 4) is 67.2 Å². The first-order valence-electron chi connectivity index (χ1n) is 26.0. The Balaban J connectivity index is 0.000000161. The van der Waals surface area contributed by atoms with Gasteiger partial charge in [-0.1, -0.05) is 109 Å². The van der Waals surface area contributed by atoms with Crippen LogP contribution in [0.5, 0.6) is 0 Å². The Morgan fingerprint density at radius 1 is 0.284 bits per heavy atom. The smallest absolute Gasteiger partial charge is 0.201 e. The molecule has 0 radical (unpaired) electrons. The molecule has 3 aromatic heterocycles. The molecule has 0 saturated heterocycles. The summed E-state index contributed by atoms with van der Waals surface area (Å²) in [7, 11) is 5.91. The predicted molar refractivity (Wildman–Crippen MR) is 283 cm³/mol. The Labute approximate surface area is 409 Å². The fraction of sp³-hybridized carbons (Fsp3) is 0.203. The van der Waals surface area contributed by atoms with E-state index in [1.807, 2.05) is 66.6 Å². The van der Waals surface area contributed by atoms with Crippen LogP contribution in [0.2, 0.25) is 0 Å². The number of hydrogen-bond acceptors (Lipinski definition) is 0. The fourth-order valence-electron chi connectivity index (χ4n) is 8.99. The van der Waals surface area contributed by atoms with Crippen molar-refractivity contribution < 1.29 is 21.9 Å². The first kappa shape index (κ1) is 40.1. The summed E-state index contributed by atoms with van der Waals surface area (Å²) >= 11 is 0. The molecule has 9 aromatic rings. The minimum absolute atomic E-state index is 0.356. The molecule has 0 spiro atoms. The summed E-state index contributed by atoms with van der Waals surface area (Å²) in [6.07, 6.45) is 5.61. The fourth-order valence-corrected chi connectivity index (χ4v) is 8.99. The standard InChI is InChI=1S/C22H24N.2C21H22N/c1-15-13-22(23(5)14-18(15)4)21-12-16(2)20(11-17(21)3)19-9-7-6-8-10-19;2*1-15-10-11-21(22(4)14-15)20-13-16(2)19(12-17(20)3)18-8-6-5-7-9-18/h6-14H,1-5H3;2*5-14H,1-4H3/q3*+1/i4D3;1D3;. The van der Waals surface area contributed by atoms with Crippen molar-refractivity contribution in [3.63, 3.8) is 0 Å².